The van der Waals surface area contributed by atoms with Gasteiger partial charge in [0.25, 0.3) is 11.8 Å². The molecule has 0 aliphatic rings. The number of hydrogen-bond donors (Lipinski definition) is 5. The normalized spacial score (nSPS) is 13.1. The Morgan fingerprint density at radius 3 is 2.13 bits per heavy atom. The van der Waals surface area contributed by atoms with E-state index in [0.717, 1.165) is 0 Å². The maximum Gasteiger partial charge on any atom is 0.336 e. The third-order valence-electron chi connectivity index (χ3n) is 4.03. The highest BCUT2D eigenvalue weighted by atomic mass is 16.6. The Kier molecular flexibility index (Phi) is 6.68. The highest BCUT2D eigenvalue weighted by Gasteiger charge is 2.45. The van der Waals surface area contributed by atoms with Gasteiger partial charge in [-0.1, -0.05) is 24.3 Å². The summed E-state index contributed by atoms with van der Waals surface area (Å²) in [5.74, 6) is -3.05. The molecule has 0 bridgehead atoms. The number of nitrogens with one attached hydrogen (secondary N) is 2. The van der Waals surface area contributed by atoms with E-state index in [4.69, 9.17) is 10.5 Å². The van der Waals surface area contributed by atoms with Gasteiger partial charge in [0.05, 0.1) is 5.56 Å². The van der Waals surface area contributed by atoms with Crippen LogP contribution < -0.4 is 16.6 Å². The van der Waals surface area contributed by atoms with E-state index in [2.05, 4.69) is 10.9 Å². The second-order valence-electron chi connectivity index (χ2n) is 7.74. The molecule has 2 aromatic carbocycles. The third-order valence-corrected chi connectivity index (χ3v) is 4.03. The van der Waals surface area contributed by atoms with Crippen molar-refractivity contribution < 1.29 is 29.3 Å². The molecule has 0 saturated heterocycles. The van der Waals surface area contributed by atoms with Crippen LogP contribution in [0.25, 0.3) is 0 Å². The Bertz CT molecular complexity index is 937. The number of hydrazine groups is 1. The molecular weight excluding hydrogens is 390 g/mol. The fourth-order valence-corrected chi connectivity index (χ4v) is 2.51. The molecule has 0 fully saturated rings. The molecule has 0 radical (unpaired) electrons. The minimum absolute atomic E-state index is 0.0121. The first-order chi connectivity index (χ1) is 13.9. The molecule has 0 unspecified atom stereocenters. The van der Waals surface area contributed by atoms with Gasteiger partial charge in [-0.15, -0.1) is 0 Å². The second-order valence-corrected chi connectivity index (χ2v) is 7.74. The van der Waals surface area contributed by atoms with Crippen LogP contribution in [0.3, 0.4) is 0 Å². The number of para-hydroxylation sites is 1. The number of ether oxygens (including phenoxy) is 1. The number of phenolic OH excluding ortho intramolecular Hbond substituents is 2. The lowest BCUT2D eigenvalue weighted by molar-refractivity contribution is -0.164. The topological polar surface area (TPSA) is 151 Å². The van der Waals surface area contributed by atoms with Crippen LogP contribution in [-0.2, 0) is 20.7 Å². The van der Waals surface area contributed by atoms with E-state index >= 15 is 0 Å². The Labute approximate surface area is 173 Å². The Hall–Kier alpha value is -3.59. The summed E-state index contributed by atoms with van der Waals surface area (Å²) in [6.07, 6.45) is -0.250. The van der Waals surface area contributed by atoms with Crippen LogP contribution in [0.1, 0.15) is 36.7 Å². The molecule has 0 saturated carbocycles. The number of hydrogen-bond acceptors (Lipinski definition) is 7. The van der Waals surface area contributed by atoms with Crippen LogP contribution >= 0.6 is 0 Å². The number of benzene rings is 2. The first-order valence-electron chi connectivity index (χ1n) is 9.11. The minimum Gasteiger partial charge on any atom is -0.508 e. The molecule has 0 heterocycles. The number of esters is 1. The van der Waals surface area contributed by atoms with Gasteiger partial charge in [0.2, 0.25) is 0 Å². The van der Waals surface area contributed by atoms with Gasteiger partial charge in [-0.3, -0.25) is 20.4 Å². The molecule has 0 aromatic heterocycles. The van der Waals surface area contributed by atoms with Crippen molar-refractivity contribution in [1.82, 2.24) is 10.9 Å². The van der Waals surface area contributed by atoms with Crippen LogP contribution in [0.4, 0.5) is 0 Å². The summed E-state index contributed by atoms with van der Waals surface area (Å²) >= 11 is 0. The lowest BCUT2D eigenvalue weighted by Gasteiger charge is -2.30. The van der Waals surface area contributed by atoms with E-state index < -0.39 is 28.9 Å². The van der Waals surface area contributed by atoms with E-state index in [1.165, 1.54) is 48.5 Å². The fourth-order valence-electron chi connectivity index (χ4n) is 2.51. The zero-order valence-corrected chi connectivity index (χ0v) is 16.9. The van der Waals surface area contributed by atoms with Gasteiger partial charge in [-0.2, -0.15) is 0 Å². The standard InChI is InChI=1S/C21H25N3O6/c1-20(2,3)30-19(29)21(22,12-13-8-10-14(25)11-9-13)18(28)24-23-17(27)15-6-4-5-7-16(15)26/h4-11,25-26H,12,22H2,1-3H3,(H,23,27)(H,24,28)/t21-/m0/s1. The highest BCUT2D eigenvalue weighted by Crippen LogP contribution is 2.20. The summed E-state index contributed by atoms with van der Waals surface area (Å²) in [5.41, 5.74) is 7.76. The smallest absolute Gasteiger partial charge is 0.336 e. The maximum absolute atomic E-state index is 12.8. The van der Waals surface area contributed by atoms with Crippen LogP contribution in [0.2, 0.25) is 0 Å². The predicted octanol–water partition coefficient (Wildman–Crippen LogP) is 1.14. The largest absolute Gasteiger partial charge is 0.508 e. The zero-order chi connectivity index (χ0) is 22.5. The van der Waals surface area contributed by atoms with E-state index in [9.17, 15) is 24.6 Å². The van der Waals surface area contributed by atoms with E-state index in [1.54, 1.807) is 20.8 Å². The average Bonchev–Trinajstić information content (AvgIpc) is 2.66. The quantitative estimate of drug-likeness (QED) is 0.279. The number of carbonyl (C=O) groups excluding carboxylic acids is 3. The molecule has 0 spiro atoms. The van der Waals surface area contributed by atoms with Crippen molar-refractivity contribution in [2.75, 3.05) is 0 Å². The van der Waals surface area contributed by atoms with Crippen molar-refractivity contribution in [1.29, 1.82) is 0 Å². The average molecular weight is 415 g/mol. The first-order valence-corrected chi connectivity index (χ1v) is 9.11. The Morgan fingerprint density at radius 1 is 0.967 bits per heavy atom. The fraction of sp³-hybridized carbons (Fsp3) is 0.286. The van der Waals surface area contributed by atoms with Gasteiger partial charge in [-0.25, -0.2) is 4.79 Å². The summed E-state index contributed by atoms with van der Waals surface area (Å²) in [7, 11) is 0. The molecule has 0 aliphatic heterocycles. The highest BCUT2D eigenvalue weighted by molar-refractivity contribution is 6.08. The maximum atomic E-state index is 12.8. The van der Waals surface area contributed by atoms with Crippen molar-refractivity contribution in [3.63, 3.8) is 0 Å². The molecule has 160 valence electrons. The molecule has 30 heavy (non-hydrogen) atoms. The number of aromatic hydroxyl groups is 2. The van der Waals surface area contributed by atoms with Crippen molar-refractivity contribution in [3.8, 4) is 11.5 Å². The molecule has 2 rings (SSSR count). The van der Waals surface area contributed by atoms with Crippen molar-refractivity contribution >= 4 is 17.8 Å². The van der Waals surface area contributed by atoms with Gasteiger partial charge in [0.1, 0.15) is 17.1 Å². The van der Waals surface area contributed by atoms with Gasteiger partial charge in [0.15, 0.2) is 5.54 Å². The van der Waals surface area contributed by atoms with Crippen LogP contribution in [0.5, 0.6) is 11.5 Å². The van der Waals surface area contributed by atoms with Crippen LogP contribution in [0.15, 0.2) is 48.5 Å². The number of rotatable bonds is 5. The van der Waals surface area contributed by atoms with Crippen molar-refractivity contribution in [3.05, 3.63) is 59.7 Å². The SMILES string of the molecule is CC(C)(C)OC(=O)[C@](N)(Cc1ccc(O)cc1)C(=O)NNC(=O)c1ccccc1O. The third kappa shape index (κ3) is 5.71. The molecule has 9 heteroatoms. The summed E-state index contributed by atoms with van der Waals surface area (Å²) in [5, 5.41) is 19.2. The lowest BCUT2D eigenvalue weighted by atomic mass is 9.90. The number of nitrogens with two attached hydrogens (primary N) is 1. The van der Waals surface area contributed by atoms with Gasteiger partial charge >= 0.3 is 5.97 Å². The van der Waals surface area contributed by atoms with E-state index in [0.29, 0.717) is 5.56 Å². The second kappa shape index (κ2) is 8.83. The van der Waals surface area contributed by atoms with Crippen molar-refractivity contribution in [2.45, 2.75) is 38.3 Å². The van der Waals surface area contributed by atoms with Gasteiger partial charge in [-0.05, 0) is 50.6 Å². The van der Waals surface area contributed by atoms with E-state index in [1.807, 2.05) is 0 Å². The van der Waals surface area contributed by atoms with Gasteiger partial charge in [0, 0.05) is 6.42 Å². The number of phenols is 2. The zero-order valence-electron chi connectivity index (χ0n) is 16.9. The molecule has 0 aliphatic carbocycles. The summed E-state index contributed by atoms with van der Waals surface area (Å²) in [6, 6.07) is 11.5. The van der Waals surface area contributed by atoms with Crippen molar-refractivity contribution in [2.24, 2.45) is 5.73 Å². The van der Waals surface area contributed by atoms with Gasteiger partial charge < -0.3 is 20.7 Å². The summed E-state index contributed by atoms with van der Waals surface area (Å²) < 4.78 is 5.30. The number of amides is 2. The Balaban J connectivity index is 2.22. The molecule has 9 nitrogen and oxygen atoms in total. The molecule has 1 atom stereocenters. The van der Waals surface area contributed by atoms with E-state index in [-0.39, 0.29) is 23.5 Å². The molecular formula is C21H25N3O6. The summed E-state index contributed by atoms with van der Waals surface area (Å²) in [6.45, 7) is 4.89. The lowest BCUT2D eigenvalue weighted by Crippen LogP contribution is -2.65. The molecule has 2 amide bonds. The molecule has 2 aromatic rings. The predicted molar refractivity (Wildman–Crippen MR) is 108 cm³/mol. The van der Waals surface area contributed by atoms with Crippen LogP contribution in [0, 0.1) is 0 Å². The van der Waals surface area contributed by atoms with Crippen LogP contribution in [-0.4, -0.2) is 39.1 Å². The minimum atomic E-state index is -2.17. The first kappa shape index (κ1) is 22.7. The monoisotopic (exact) mass is 415 g/mol. The molecule has 6 N–H and O–H groups in total. The summed E-state index contributed by atoms with van der Waals surface area (Å²) in [4.78, 5) is 37.8. The Morgan fingerprint density at radius 2 is 1.57 bits per heavy atom. The number of carbonyl (C=O) groups is 3.